The molecule has 0 bridgehead atoms. The predicted molar refractivity (Wildman–Crippen MR) is 175 cm³/mol. The topological polar surface area (TPSA) is 131 Å². The quantitative estimate of drug-likeness (QED) is 0.107. The monoisotopic (exact) mass is 672 g/mol. The molecule has 3 heterocycles. The molecule has 2 N–H and O–H groups in total. The van der Waals surface area contributed by atoms with E-state index in [1.54, 1.807) is 48.5 Å². The molecule has 3 aliphatic heterocycles. The van der Waals surface area contributed by atoms with Gasteiger partial charge in [-0.05, 0) is 97.1 Å². The van der Waals surface area contributed by atoms with E-state index in [2.05, 4.69) is 0 Å². The smallest absolute Gasteiger partial charge is 1.00 e. The van der Waals surface area contributed by atoms with Gasteiger partial charge in [-0.15, -0.1) is 11.6 Å². The van der Waals surface area contributed by atoms with Crippen LogP contribution in [0.4, 0.5) is 0 Å². The van der Waals surface area contributed by atoms with Crippen LogP contribution in [0.15, 0.2) is 97.1 Å². The van der Waals surface area contributed by atoms with Crippen molar-refractivity contribution >= 4 is 23.2 Å². The molecule has 3 fully saturated rings. The molecule has 0 saturated carbocycles. The van der Waals surface area contributed by atoms with Gasteiger partial charge < -0.3 is 35.3 Å². The van der Waals surface area contributed by atoms with Gasteiger partial charge in [-0.1, -0.05) is 7.43 Å². The molecule has 7 rings (SSSR count). The first-order valence-electron chi connectivity index (χ1n) is 14.4. The second-order valence-electron chi connectivity index (χ2n) is 10.4. The number of carbonyl (C=O) groups excluding carboxylic acids is 2. The van der Waals surface area contributed by atoms with Gasteiger partial charge in [-0.25, -0.2) is 0 Å². The van der Waals surface area contributed by atoms with Gasteiger partial charge in [0.15, 0.2) is 11.6 Å². The molecule has 9 nitrogen and oxygen atoms in total. The molecule has 3 unspecified atom stereocenters. The Kier molecular flexibility index (Phi) is 15.2. The van der Waals surface area contributed by atoms with Crippen molar-refractivity contribution in [3.8, 4) is 23.0 Å². The largest absolute Gasteiger partial charge is 1.00 e. The zero-order chi connectivity index (χ0) is 31.6. The molecule has 244 valence electrons. The van der Waals surface area contributed by atoms with E-state index >= 15 is 0 Å². The number of carbonyl (C=O) groups is 2. The standard InChI is InChI=1S/C19H18O5.C13H10O3.C3H5ClO.CH4.Na.H/c20-19(13-1-5-15(6-2-13)21-9-17-11-23-17)14-3-7-16(8-4-14)22-10-18-12-24-18;14-11-5-1-9(2-6-11)13(16)10-3-7-12(15)8-4-10;4-1-3-2-5-3;;;/h1-8,17-18H,9-12H2;1-8,14-15H;3H,1-2H2;1H4;;/q;;;;+1;-1. The third kappa shape index (κ3) is 13.0. The van der Waals surface area contributed by atoms with Gasteiger partial charge in [-0.3, -0.25) is 9.59 Å². The van der Waals surface area contributed by atoms with Crippen LogP contribution >= 0.6 is 11.6 Å². The Morgan fingerprint density at radius 3 is 1.11 bits per heavy atom. The molecule has 0 aliphatic carbocycles. The molecular formula is C36H38ClNaO9. The number of halogens is 1. The van der Waals surface area contributed by atoms with Crippen LogP contribution in [0, 0.1) is 0 Å². The van der Waals surface area contributed by atoms with Crippen LogP contribution in [0.1, 0.15) is 40.7 Å². The number of alkyl halides is 1. The summed E-state index contributed by atoms with van der Waals surface area (Å²) in [5.74, 6) is 2.25. The van der Waals surface area contributed by atoms with Crippen LogP contribution in [0.2, 0.25) is 0 Å². The Bertz CT molecular complexity index is 1430. The van der Waals surface area contributed by atoms with Crippen molar-refractivity contribution in [1.82, 2.24) is 0 Å². The predicted octanol–water partition coefficient (Wildman–Crippen LogP) is 3.18. The minimum atomic E-state index is -0.139. The fourth-order valence-electron chi connectivity index (χ4n) is 3.83. The van der Waals surface area contributed by atoms with E-state index in [1.165, 1.54) is 24.3 Å². The van der Waals surface area contributed by atoms with Gasteiger partial charge in [0.2, 0.25) is 0 Å². The first kappa shape index (κ1) is 38.0. The summed E-state index contributed by atoms with van der Waals surface area (Å²) in [5.41, 5.74) is 2.27. The Morgan fingerprint density at radius 2 is 0.872 bits per heavy atom. The third-order valence-electron chi connectivity index (χ3n) is 6.74. The van der Waals surface area contributed by atoms with Gasteiger partial charge in [0, 0.05) is 22.3 Å². The molecule has 4 aromatic carbocycles. The molecule has 4 aromatic rings. The van der Waals surface area contributed by atoms with E-state index in [0.717, 1.165) is 31.3 Å². The summed E-state index contributed by atoms with van der Waals surface area (Å²) in [6, 6.07) is 26.4. The number of phenolic OH excluding ortho intramolecular Hbond substituents is 2. The zero-order valence-electron chi connectivity index (χ0n) is 26.3. The van der Waals surface area contributed by atoms with E-state index in [1.807, 2.05) is 24.3 Å². The van der Waals surface area contributed by atoms with Crippen LogP contribution in [-0.4, -0.2) is 79.0 Å². The van der Waals surface area contributed by atoms with Gasteiger partial charge in [0.25, 0.3) is 0 Å². The molecule has 0 aromatic heterocycles. The molecule has 0 spiro atoms. The third-order valence-corrected chi connectivity index (χ3v) is 7.09. The van der Waals surface area contributed by atoms with E-state index in [4.69, 9.17) is 45.5 Å². The normalized spacial score (nSPS) is 17.9. The number of rotatable bonds is 11. The molecule has 0 radical (unpaired) electrons. The summed E-state index contributed by atoms with van der Waals surface area (Å²) >= 11 is 5.27. The molecular weight excluding hydrogens is 635 g/mol. The van der Waals surface area contributed by atoms with Crippen molar-refractivity contribution in [2.24, 2.45) is 0 Å². The minimum Gasteiger partial charge on any atom is -1.00 e. The van der Waals surface area contributed by atoms with Gasteiger partial charge in [0.05, 0.1) is 31.8 Å². The fraction of sp³-hybridized carbons (Fsp3) is 0.278. The van der Waals surface area contributed by atoms with E-state index < -0.39 is 0 Å². The van der Waals surface area contributed by atoms with Crippen LogP contribution in [0.25, 0.3) is 0 Å². The summed E-state index contributed by atoms with van der Waals surface area (Å²) < 4.78 is 26.1. The van der Waals surface area contributed by atoms with Crippen molar-refractivity contribution in [1.29, 1.82) is 0 Å². The minimum absolute atomic E-state index is 0. The van der Waals surface area contributed by atoms with Crippen molar-refractivity contribution < 1.29 is 74.5 Å². The first-order valence-corrected chi connectivity index (χ1v) is 15.0. The Balaban J connectivity index is 0.000000290. The SMILES string of the molecule is C.ClCC1CO1.O=C(c1ccc(O)cc1)c1ccc(O)cc1.O=C(c1ccc(OCC2CO2)cc1)c1ccc(OCC2CO2)cc1.[H-].[Na+]. The number of ether oxygens (including phenoxy) is 5. The van der Waals surface area contributed by atoms with Gasteiger partial charge >= 0.3 is 29.6 Å². The summed E-state index contributed by atoms with van der Waals surface area (Å²) in [7, 11) is 0. The molecule has 0 amide bonds. The van der Waals surface area contributed by atoms with Crippen LogP contribution < -0.4 is 39.0 Å². The number of phenols is 2. The summed E-state index contributed by atoms with van der Waals surface area (Å²) in [6.07, 6.45) is 0.841. The Hall–Kier alpha value is -3.41. The summed E-state index contributed by atoms with van der Waals surface area (Å²) in [6.45, 7) is 3.53. The van der Waals surface area contributed by atoms with Crippen molar-refractivity contribution in [2.45, 2.75) is 25.7 Å². The number of benzene rings is 4. The molecule has 47 heavy (non-hydrogen) atoms. The zero-order valence-corrected chi connectivity index (χ0v) is 28.1. The summed E-state index contributed by atoms with van der Waals surface area (Å²) in [4.78, 5) is 24.4. The van der Waals surface area contributed by atoms with Gasteiger partial charge in [-0.2, -0.15) is 0 Å². The second-order valence-corrected chi connectivity index (χ2v) is 10.8. The average molecular weight is 673 g/mol. The second kappa shape index (κ2) is 18.8. The number of ketones is 2. The number of epoxide rings is 3. The molecule has 3 aliphatic rings. The summed E-state index contributed by atoms with van der Waals surface area (Å²) in [5, 5.41) is 18.2. The van der Waals surface area contributed by atoms with Crippen LogP contribution in [-0.2, 0) is 14.2 Å². The van der Waals surface area contributed by atoms with Crippen molar-refractivity contribution in [3.05, 3.63) is 119 Å². The number of hydrogen-bond acceptors (Lipinski definition) is 9. The first-order chi connectivity index (χ1) is 21.9. The molecule has 11 heteroatoms. The van der Waals surface area contributed by atoms with Crippen molar-refractivity contribution in [3.63, 3.8) is 0 Å². The Labute approximate surface area is 303 Å². The Morgan fingerprint density at radius 1 is 0.596 bits per heavy atom. The molecule has 3 saturated heterocycles. The van der Waals surface area contributed by atoms with Crippen LogP contribution in [0.5, 0.6) is 23.0 Å². The maximum atomic E-state index is 12.5. The maximum absolute atomic E-state index is 12.5. The molecule has 3 atom stereocenters. The fourth-order valence-corrected chi connectivity index (χ4v) is 4.01. The van der Waals surface area contributed by atoms with Gasteiger partial charge in [0.1, 0.15) is 48.4 Å². The van der Waals surface area contributed by atoms with Crippen molar-refractivity contribution in [2.75, 3.05) is 38.9 Å². The maximum Gasteiger partial charge on any atom is 1.00 e. The number of hydrogen-bond donors (Lipinski definition) is 2. The number of aromatic hydroxyl groups is 2. The van der Waals surface area contributed by atoms with E-state index in [0.29, 0.717) is 47.5 Å². The van der Waals surface area contributed by atoms with E-state index in [-0.39, 0.29) is 73.7 Å². The average Bonchev–Trinajstić information content (AvgIpc) is 3.93. The van der Waals surface area contributed by atoms with E-state index in [9.17, 15) is 9.59 Å². The van der Waals surface area contributed by atoms with Crippen LogP contribution in [0.3, 0.4) is 0 Å².